The molecule has 3 rings (SSSR count). The standard InChI is InChI=1S/C24H35NO4/c1-13(2)9-18-22-16(5)15(4)11-17-10-14(3)7-6-8-19(26)20(27)12-21(28)24(17,22)23(29)25-18/h10-11,13,16-18,20,22,27H,6-9,12H2,1-5H3,(H,25,29)/b14-10+/t16-,17-,18+,20-,22+,24-/m1/s1. The summed E-state index contributed by atoms with van der Waals surface area (Å²) in [5.74, 6) is -0.884. The molecule has 5 heteroatoms. The zero-order chi connectivity index (χ0) is 21.5. The second-order valence-corrected chi connectivity index (χ2v) is 9.81. The number of aliphatic hydroxyl groups is 1. The first-order valence-corrected chi connectivity index (χ1v) is 11.0. The Bertz CT molecular complexity index is 765. The minimum atomic E-state index is -1.32. The minimum Gasteiger partial charge on any atom is -0.385 e. The molecule has 0 radical (unpaired) electrons. The van der Waals surface area contributed by atoms with Gasteiger partial charge in [-0.2, -0.15) is 0 Å². The SMILES string of the molecule is CC1=C[C@H]2/C=C(\C)CCCC(=O)[C@H](O)CC(=O)[C@]23C(=O)N[C@@H](CC(C)C)[C@@H]3[C@@H]1C. The molecule has 0 bridgehead atoms. The fourth-order valence-corrected chi connectivity index (χ4v) is 5.76. The predicted molar refractivity (Wildman–Crippen MR) is 112 cm³/mol. The van der Waals surface area contributed by atoms with E-state index in [4.69, 9.17) is 0 Å². The van der Waals surface area contributed by atoms with Crippen molar-refractivity contribution in [1.29, 1.82) is 0 Å². The van der Waals surface area contributed by atoms with Crippen LogP contribution in [0.15, 0.2) is 23.3 Å². The summed E-state index contributed by atoms with van der Waals surface area (Å²) in [7, 11) is 0. The second-order valence-electron chi connectivity index (χ2n) is 9.81. The molecule has 2 aliphatic carbocycles. The lowest BCUT2D eigenvalue weighted by atomic mass is 9.54. The number of ketones is 2. The van der Waals surface area contributed by atoms with Crippen LogP contribution in [0.5, 0.6) is 0 Å². The summed E-state index contributed by atoms with van der Waals surface area (Å²) in [4.78, 5) is 39.5. The minimum absolute atomic E-state index is 0.0737. The first-order chi connectivity index (χ1) is 13.6. The van der Waals surface area contributed by atoms with E-state index in [0.29, 0.717) is 12.3 Å². The highest BCUT2D eigenvalue weighted by Gasteiger charge is 2.65. The van der Waals surface area contributed by atoms with Crippen LogP contribution in [0.4, 0.5) is 0 Å². The summed E-state index contributed by atoms with van der Waals surface area (Å²) < 4.78 is 0. The Balaban J connectivity index is 2.19. The van der Waals surface area contributed by atoms with Crippen LogP contribution in [0.25, 0.3) is 0 Å². The van der Waals surface area contributed by atoms with Crippen molar-refractivity contribution in [2.75, 3.05) is 0 Å². The number of hydrogen-bond acceptors (Lipinski definition) is 4. The van der Waals surface area contributed by atoms with Crippen molar-refractivity contribution in [3.8, 4) is 0 Å². The van der Waals surface area contributed by atoms with Gasteiger partial charge in [0.2, 0.25) is 5.91 Å². The Morgan fingerprint density at radius 1 is 1.17 bits per heavy atom. The quantitative estimate of drug-likeness (QED) is 0.549. The largest absolute Gasteiger partial charge is 0.385 e. The van der Waals surface area contributed by atoms with Gasteiger partial charge in [0, 0.05) is 30.7 Å². The number of rotatable bonds is 2. The van der Waals surface area contributed by atoms with Crippen molar-refractivity contribution in [3.05, 3.63) is 23.3 Å². The van der Waals surface area contributed by atoms with Gasteiger partial charge < -0.3 is 10.4 Å². The van der Waals surface area contributed by atoms with E-state index in [1.54, 1.807) is 0 Å². The highest BCUT2D eigenvalue weighted by atomic mass is 16.3. The molecule has 3 aliphatic rings. The molecule has 1 amide bonds. The first kappa shape index (κ1) is 21.9. The van der Waals surface area contributed by atoms with Crippen LogP contribution in [-0.4, -0.2) is 34.7 Å². The molecular formula is C24H35NO4. The predicted octanol–water partition coefficient (Wildman–Crippen LogP) is 3.37. The van der Waals surface area contributed by atoms with Gasteiger partial charge in [-0.1, -0.05) is 44.1 Å². The monoisotopic (exact) mass is 401 g/mol. The van der Waals surface area contributed by atoms with Gasteiger partial charge in [0.15, 0.2) is 11.6 Å². The first-order valence-electron chi connectivity index (χ1n) is 11.0. The van der Waals surface area contributed by atoms with Gasteiger partial charge in [-0.3, -0.25) is 14.4 Å². The molecule has 1 spiro atoms. The molecule has 0 aromatic heterocycles. The van der Waals surface area contributed by atoms with E-state index in [2.05, 4.69) is 45.2 Å². The molecule has 5 nitrogen and oxygen atoms in total. The molecule has 0 saturated carbocycles. The molecule has 1 aliphatic heterocycles. The molecule has 0 aromatic carbocycles. The molecule has 1 fully saturated rings. The summed E-state index contributed by atoms with van der Waals surface area (Å²) in [6.45, 7) is 10.4. The number of carbonyl (C=O) groups is 3. The fourth-order valence-electron chi connectivity index (χ4n) is 5.76. The highest BCUT2D eigenvalue weighted by molar-refractivity contribution is 6.10. The number of nitrogens with one attached hydrogen (secondary N) is 1. The normalized spacial score (nSPS) is 40.4. The average Bonchev–Trinajstić information content (AvgIpc) is 2.90. The van der Waals surface area contributed by atoms with Crippen LogP contribution in [0.2, 0.25) is 0 Å². The summed E-state index contributed by atoms with van der Waals surface area (Å²) in [6, 6.07) is -0.0840. The Hall–Kier alpha value is -1.75. The Morgan fingerprint density at radius 3 is 2.52 bits per heavy atom. The number of amides is 1. The molecule has 0 unspecified atom stereocenters. The smallest absolute Gasteiger partial charge is 0.235 e. The number of Topliss-reactive ketones (excluding diaryl/α,β-unsaturated/α-hetero) is 2. The summed E-state index contributed by atoms with van der Waals surface area (Å²) >= 11 is 0. The highest BCUT2D eigenvalue weighted by Crippen LogP contribution is 2.55. The van der Waals surface area contributed by atoms with Crippen LogP contribution in [-0.2, 0) is 14.4 Å². The van der Waals surface area contributed by atoms with Crippen LogP contribution in [0.3, 0.4) is 0 Å². The third-order valence-corrected chi connectivity index (χ3v) is 7.27. The molecule has 29 heavy (non-hydrogen) atoms. The molecule has 6 atom stereocenters. The molecular weight excluding hydrogens is 366 g/mol. The van der Waals surface area contributed by atoms with E-state index >= 15 is 0 Å². The maximum absolute atomic E-state index is 13.7. The van der Waals surface area contributed by atoms with Gasteiger partial charge in [0.25, 0.3) is 0 Å². The Labute approximate surface area is 174 Å². The molecule has 2 N–H and O–H groups in total. The van der Waals surface area contributed by atoms with E-state index < -0.39 is 11.5 Å². The van der Waals surface area contributed by atoms with Gasteiger partial charge in [0.1, 0.15) is 11.5 Å². The number of hydrogen-bond donors (Lipinski definition) is 2. The van der Waals surface area contributed by atoms with E-state index in [9.17, 15) is 19.5 Å². The Morgan fingerprint density at radius 2 is 1.86 bits per heavy atom. The van der Waals surface area contributed by atoms with Crippen LogP contribution in [0, 0.1) is 29.1 Å². The Kier molecular flexibility index (Phi) is 6.19. The lowest BCUT2D eigenvalue weighted by Crippen LogP contribution is -2.53. The molecule has 1 saturated heterocycles. The van der Waals surface area contributed by atoms with Gasteiger partial charge in [-0.15, -0.1) is 0 Å². The van der Waals surface area contributed by atoms with Crippen molar-refractivity contribution in [2.24, 2.45) is 29.1 Å². The van der Waals surface area contributed by atoms with Gasteiger partial charge >= 0.3 is 0 Å². The third-order valence-electron chi connectivity index (χ3n) is 7.27. The lowest BCUT2D eigenvalue weighted by molar-refractivity contribution is -0.148. The van der Waals surface area contributed by atoms with Gasteiger partial charge in [-0.05, 0) is 44.9 Å². The van der Waals surface area contributed by atoms with Crippen LogP contribution in [0.1, 0.15) is 66.7 Å². The summed E-state index contributed by atoms with van der Waals surface area (Å²) in [6.07, 6.45) is 4.98. The topological polar surface area (TPSA) is 83.5 Å². The number of carbonyl (C=O) groups excluding carboxylic acids is 3. The van der Waals surface area contributed by atoms with E-state index in [1.165, 1.54) is 5.57 Å². The maximum atomic E-state index is 13.7. The molecule has 0 aromatic rings. The van der Waals surface area contributed by atoms with Crippen LogP contribution >= 0.6 is 0 Å². The van der Waals surface area contributed by atoms with Crippen LogP contribution < -0.4 is 5.32 Å². The lowest BCUT2D eigenvalue weighted by Gasteiger charge is -2.45. The number of allylic oxidation sites excluding steroid dienone is 4. The third kappa shape index (κ3) is 3.74. The van der Waals surface area contributed by atoms with Crippen molar-refractivity contribution >= 4 is 17.5 Å². The average molecular weight is 402 g/mol. The zero-order valence-electron chi connectivity index (χ0n) is 18.3. The summed E-state index contributed by atoms with van der Waals surface area (Å²) in [5.41, 5.74) is 1.04. The summed E-state index contributed by atoms with van der Waals surface area (Å²) in [5, 5.41) is 13.6. The van der Waals surface area contributed by atoms with Gasteiger partial charge in [0.05, 0.1) is 0 Å². The molecule has 160 valence electrons. The second kappa shape index (κ2) is 8.17. The zero-order valence-corrected chi connectivity index (χ0v) is 18.3. The van der Waals surface area contributed by atoms with E-state index in [1.807, 2.05) is 6.92 Å². The number of aliphatic hydroxyl groups excluding tert-OH is 1. The van der Waals surface area contributed by atoms with Crippen molar-refractivity contribution < 1.29 is 19.5 Å². The van der Waals surface area contributed by atoms with Crippen molar-refractivity contribution in [1.82, 2.24) is 5.32 Å². The molecule has 1 heterocycles. The van der Waals surface area contributed by atoms with Crippen molar-refractivity contribution in [3.63, 3.8) is 0 Å². The van der Waals surface area contributed by atoms with Gasteiger partial charge in [-0.25, -0.2) is 0 Å². The van der Waals surface area contributed by atoms with Crippen molar-refractivity contribution in [2.45, 2.75) is 78.9 Å². The fraction of sp³-hybridized carbons (Fsp3) is 0.708. The van der Waals surface area contributed by atoms with E-state index in [-0.39, 0.29) is 54.1 Å². The van der Waals surface area contributed by atoms with E-state index in [0.717, 1.165) is 18.4 Å². The maximum Gasteiger partial charge on any atom is 0.235 e.